The van der Waals surface area contributed by atoms with Crippen molar-refractivity contribution in [2.45, 2.75) is 19.3 Å². The second-order valence-corrected chi connectivity index (χ2v) is 4.81. The van der Waals surface area contributed by atoms with Crippen molar-refractivity contribution in [2.24, 2.45) is 4.99 Å². The summed E-state index contributed by atoms with van der Waals surface area (Å²) < 4.78 is 10.4. The first-order valence-corrected chi connectivity index (χ1v) is 7.39. The molecule has 0 aromatic carbocycles. The number of hydrogen-bond donors (Lipinski definition) is 1. The molecule has 0 bridgehead atoms. The van der Waals surface area contributed by atoms with Gasteiger partial charge in [0.1, 0.15) is 5.76 Å². The van der Waals surface area contributed by atoms with Crippen molar-refractivity contribution in [3.63, 3.8) is 0 Å². The van der Waals surface area contributed by atoms with Crippen LogP contribution in [-0.4, -0.2) is 51.3 Å². The zero-order chi connectivity index (χ0) is 15.3. The molecule has 5 heteroatoms. The molecule has 0 spiro atoms. The van der Waals surface area contributed by atoms with E-state index in [9.17, 15) is 0 Å². The average molecular weight is 293 g/mol. The standard InChI is InChI=1S/C16H27N3O2/c1-4-5-6-12-19(2)16(18-11-14-20-3)17-10-9-15-8-7-13-21-15/h4,7-8,13H,1,5-6,9-12,14H2,2-3H3,(H,17,18). The molecule has 0 saturated heterocycles. The molecule has 1 heterocycles. The van der Waals surface area contributed by atoms with Crippen LogP contribution < -0.4 is 5.32 Å². The molecule has 1 aromatic heterocycles. The van der Waals surface area contributed by atoms with Crippen molar-refractivity contribution >= 4 is 5.96 Å². The highest BCUT2D eigenvalue weighted by Gasteiger charge is 2.06. The first kappa shape index (κ1) is 17.3. The zero-order valence-corrected chi connectivity index (χ0v) is 13.2. The summed E-state index contributed by atoms with van der Waals surface area (Å²) in [6, 6.07) is 3.89. The van der Waals surface area contributed by atoms with Gasteiger partial charge in [-0.3, -0.25) is 4.99 Å². The Morgan fingerprint density at radius 1 is 1.57 bits per heavy atom. The minimum Gasteiger partial charge on any atom is -0.469 e. The lowest BCUT2D eigenvalue weighted by Gasteiger charge is -2.22. The lowest BCUT2D eigenvalue weighted by Crippen LogP contribution is -2.40. The van der Waals surface area contributed by atoms with Crippen LogP contribution in [0.4, 0.5) is 0 Å². The summed E-state index contributed by atoms with van der Waals surface area (Å²) in [5, 5.41) is 3.38. The molecule has 0 atom stereocenters. The van der Waals surface area contributed by atoms with Gasteiger partial charge in [0, 0.05) is 33.7 Å². The van der Waals surface area contributed by atoms with E-state index in [1.165, 1.54) is 0 Å². The molecular weight excluding hydrogens is 266 g/mol. The van der Waals surface area contributed by atoms with Gasteiger partial charge in [0.15, 0.2) is 5.96 Å². The predicted molar refractivity (Wildman–Crippen MR) is 86.7 cm³/mol. The quantitative estimate of drug-likeness (QED) is 0.311. The molecular formula is C16H27N3O2. The van der Waals surface area contributed by atoms with E-state index in [2.05, 4.69) is 28.8 Å². The van der Waals surface area contributed by atoms with Crippen molar-refractivity contribution in [1.82, 2.24) is 10.2 Å². The van der Waals surface area contributed by atoms with Crippen LogP contribution in [0.15, 0.2) is 40.5 Å². The molecule has 1 N–H and O–H groups in total. The smallest absolute Gasteiger partial charge is 0.193 e. The fraction of sp³-hybridized carbons (Fsp3) is 0.562. The highest BCUT2D eigenvalue weighted by Crippen LogP contribution is 2.00. The van der Waals surface area contributed by atoms with E-state index in [0.717, 1.165) is 44.1 Å². The summed E-state index contributed by atoms with van der Waals surface area (Å²) in [6.45, 7) is 6.78. The van der Waals surface area contributed by atoms with Gasteiger partial charge < -0.3 is 19.4 Å². The number of hydrogen-bond acceptors (Lipinski definition) is 3. The van der Waals surface area contributed by atoms with E-state index < -0.39 is 0 Å². The number of nitrogens with zero attached hydrogens (tertiary/aromatic N) is 2. The van der Waals surface area contributed by atoms with E-state index in [0.29, 0.717) is 13.2 Å². The number of rotatable bonds is 10. The molecule has 0 aliphatic carbocycles. The van der Waals surface area contributed by atoms with Crippen molar-refractivity contribution in [1.29, 1.82) is 0 Å². The van der Waals surface area contributed by atoms with Gasteiger partial charge in [-0.1, -0.05) is 6.08 Å². The molecule has 0 radical (unpaired) electrons. The fourth-order valence-electron chi connectivity index (χ4n) is 1.89. The van der Waals surface area contributed by atoms with Gasteiger partial charge in [0.25, 0.3) is 0 Å². The van der Waals surface area contributed by atoms with E-state index in [1.54, 1.807) is 13.4 Å². The Labute approximate surface area is 127 Å². The van der Waals surface area contributed by atoms with Crippen molar-refractivity contribution in [2.75, 3.05) is 40.4 Å². The normalized spacial score (nSPS) is 11.4. The van der Waals surface area contributed by atoms with Gasteiger partial charge in [-0.05, 0) is 25.0 Å². The third-order valence-electron chi connectivity index (χ3n) is 3.05. The van der Waals surface area contributed by atoms with Crippen LogP contribution in [-0.2, 0) is 11.2 Å². The van der Waals surface area contributed by atoms with Crippen molar-refractivity contribution in [3.8, 4) is 0 Å². The van der Waals surface area contributed by atoms with Crippen molar-refractivity contribution in [3.05, 3.63) is 36.8 Å². The Morgan fingerprint density at radius 3 is 3.10 bits per heavy atom. The Balaban J connectivity index is 2.42. The summed E-state index contributed by atoms with van der Waals surface area (Å²) in [5.41, 5.74) is 0. The van der Waals surface area contributed by atoms with Crippen LogP contribution in [0.2, 0.25) is 0 Å². The Bertz CT molecular complexity index is 402. The Morgan fingerprint density at radius 2 is 2.43 bits per heavy atom. The third kappa shape index (κ3) is 7.56. The number of furan rings is 1. The zero-order valence-electron chi connectivity index (χ0n) is 13.2. The molecule has 0 saturated carbocycles. The maximum Gasteiger partial charge on any atom is 0.193 e. The maximum absolute atomic E-state index is 5.33. The van der Waals surface area contributed by atoms with Crippen LogP contribution in [0.5, 0.6) is 0 Å². The predicted octanol–water partition coefficient (Wildman–Crippen LogP) is 2.31. The van der Waals surface area contributed by atoms with Gasteiger partial charge in [-0.15, -0.1) is 6.58 Å². The summed E-state index contributed by atoms with van der Waals surface area (Å²) in [5.74, 6) is 1.88. The maximum atomic E-state index is 5.33. The van der Waals surface area contributed by atoms with E-state index in [1.807, 2.05) is 18.2 Å². The Hall–Kier alpha value is -1.75. The molecule has 1 aromatic rings. The van der Waals surface area contributed by atoms with Crippen LogP contribution in [0.1, 0.15) is 18.6 Å². The Kier molecular flexibility index (Phi) is 9.04. The average Bonchev–Trinajstić information content (AvgIpc) is 2.99. The molecule has 0 aliphatic heterocycles. The molecule has 0 aliphatic rings. The minimum absolute atomic E-state index is 0.629. The second kappa shape index (κ2) is 11.0. The number of nitrogens with one attached hydrogen (secondary N) is 1. The van der Waals surface area contributed by atoms with Crippen LogP contribution >= 0.6 is 0 Å². The molecule has 118 valence electrons. The highest BCUT2D eigenvalue weighted by molar-refractivity contribution is 5.79. The van der Waals surface area contributed by atoms with Gasteiger partial charge in [-0.2, -0.15) is 0 Å². The number of aliphatic imine (C=N–C) groups is 1. The molecule has 0 fully saturated rings. The summed E-state index contributed by atoms with van der Waals surface area (Å²) in [6.07, 6.45) is 6.58. The summed E-state index contributed by atoms with van der Waals surface area (Å²) in [4.78, 5) is 6.70. The molecule has 5 nitrogen and oxygen atoms in total. The van der Waals surface area contributed by atoms with Crippen molar-refractivity contribution < 1.29 is 9.15 Å². The van der Waals surface area contributed by atoms with E-state index >= 15 is 0 Å². The monoisotopic (exact) mass is 293 g/mol. The molecule has 21 heavy (non-hydrogen) atoms. The van der Waals surface area contributed by atoms with E-state index in [4.69, 9.17) is 9.15 Å². The topological polar surface area (TPSA) is 50.0 Å². The van der Waals surface area contributed by atoms with Crippen LogP contribution in [0.3, 0.4) is 0 Å². The lowest BCUT2D eigenvalue weighted by atomic mass is 10.3. The van der Waals surface area contributed by atoms with Crippen LogP contribution in [0.25, 0.3) is 0 Å². The molecule has 0 unspecified atom stereocenters. The number of guanidine groups is 1. The highest BCUT2D eigenvalue weighted by atomic mass is 16.5. The van der Waals surface area contributed by atoms with E-state index in [-0.39, 0.29) is 0 Å². The van der Waals surface area contributed by atoms with Crippen LogP contribution in [0, 0.1) is 0 Å². The number of ether oxygens (including phenoxy) is 1. The SMILES string of the molecule is C=CCCCN(C)C(=NCCOC)NCCc1ccco1. The third-order valence-corrected chi connectivity index (χ3v) is 3.05. The molecule has 1 rings (SSSR count). The minimum atomic E-state index is 0.629. The summed E-state index contributed by atoms with van der Waals surface area (Å²) in [7, 11) is 3.74. The largest absolute Gasteiger partial charge is 0.469 e. The summed E-state index contributed by atoms with van der Waals surface area (Å²) >= 11 is 0. The van der Waals surface area contributed by atoms with Gasteiger partial charge in [-0.25, -0.2) is 0 Å². The van der Waals surface area contributed by atoms with Gasteiger partial charge in [0.05, 0.1) is 19.4 Å². The first-order valence-electron chi connectivity index (χ1n) is 7.39. The number of allylic oxidation sites excluding steroid dienone is 1. The second-order valence-electron chi connectivity index (χ2n) is 4.81. The van der Waals surface area contributed by atoms with Gasteiger partial charge in [0.2, 0.25) is 0 Å². The van der Waals surface area contributed by atoms with Gasteiger partial charge >= 0.3 is 0 Å². The fourth-order valence-corrected chi connectivity index (χ4v) is 1.89. The lowest BCUT2D eigenvalue weighted by molar-refractivity contribution is 0.207. The first-order chi connectivity index (χ1) is 10.3. The number of methoxy groups -OCH3 is 1. The molecule has 0 amide bonds. The number of unbranched alkanes of at least 4 members (excludes halogenated alkanes) is 1.